The zero-order chi connectivity index (χ0) is 27.6. The number of amides is 1. The van der Waals surface area contributed by atoms with E-state index in [1.165, 1.54) is 0 Å². The van der Waals surface area contributed by atoms with Gasteiger partial charge in [-0.1, -0.05) is 26.0 Å². The normalized spacial score (nSPS) is 21.2. The van der Waals surface area contributed by atoms with Crippen LogP contribution in [0.4, 0.5) is 26.3 Å². The lowest BCUT2D eigenvalue weighted by molar-refractivity contribution is -0.143. The number of halogens is 6. The Hall–Kier alpha value is -2.75. The summed E-state index contributed by atoms with van der Waals surface area (Å²) >= 11 is 0. The summed E-state index contributed by atoms with van der Waals surface area (Å²) in [5.74, 6) is 0.299. The first kappa shape index (κ1) is 28.8. The number of hydrogen-bond acceptors (Lipinski definition) is 3. The lowest BCUT2D eigenvalue weighted by Gasteiger charge is -2.33. The van der Waals surface area contributed by atoms with Crippen molar-refractivity contribution in [3.05, 3.63) is 64.7 Å². The predicted octanol–water partition coefficient (Wildman–Crippen LogP) is 6.89. The van der Waals surface area contributed by atoms with Gasteiger partial charge in [0.05, 0.1) is 23.7 Å². The van der Waals surface area contributed by atoms with Crippen molar-refractivity contribution in [1.82, 2.24) is 10.6 Å². The highest BCUT2D eigenvalue weighted by Gasteiger charge is 2.47. The van der Waals surface area contributed by atoms with Crippen LogP contribution in [0.2, 0.25) is 0 Å². The molecule has 2 aromatic carbocycles. The van der Waals surface area contributed by atoms with Gasteiger partial charge in [0.25, 0.3) is 0 Å². The molecule has 0 aromatic heterocycles. The maximum atomic E-state index is 13.3. The number of benzene rings is 2. The van der Waals surface area contributed by atoms with Gasteiger partial charge in [-0.15, -0.1) is 0 Å². The Morgan fingerprint density at radius 3 is 2.05 bits per heavy atom. The molecule has 0 aliphatic heterocycles. The van der Waals surface area contributed by atoms with Crippen LogP contribution in [-0.2, 0) is 23.7 Å². The first-order valence-electron chi connectivity index (χ1n) is 12.1. The molecule has 0 radical (unpaired) electrons. The quantitative estimate of drug-likeness (QED) is 0.365. The molecule has 37 heavy (non-hydrogen) atoms. The van der Waals surface area contributed by atoms with E-state index in [0.29, 0.717) is 31.4 Å². The zero-order valence-electron chi connectivity index (χ0n) is 21.2. The molecule has 1 fully saturated rings. The second kappa shape index (κ2) is 10.9. The van der Waals surface area contributed by atoms with Gasteiger partial charge in [-0.05, 0) is 73.6 Å². The van der Waals surface area contributed by atoms with E-state index in [4.69, 9.17) is 4.74 Å². The Morgan fingerprint density at radius 1 is 1.00 bits per heavy atom. The number of carbonyl (C=O) groups is 1. The van der Waals surface area contributed by atoms with Gasteiger partial charge in [-0.3, -0.25) is 4.79 Å². The van der Waals surface area contributed by atoms with Crippen LogP contribution < -0.4 is 15.4 Å². The van der Waals surface area contributed by atoms with E-state index in [1.807, 2.05) is 45.0 Å². The summed E-state index contributed by atoms with van der Waals surface area (Å²) in [6.45, 7) is 5.39. The van der Waals surface area contributed by atoms with Crippen LogP contribution >= 0.6 is 0 Å². The molecule has 0 bridgehead atoms. The summed E-state index contributed by atoms with van der Waals surface area (Å²) in [4.78, 5) is 13.3. The summed E-state index contributed by atoms with van der Waals surface area (Å²) in [5, 5.41) is 6.17. The molecule has 3 rings (SSSR count). The van der Waals surface area contributed by atoms with Crippen molar-refractivity contribution in [3.63, 3.8) is 0 Å². The number of alkyl halides is 6. The van der Waals surface area contributed by atoms with Gasteiger partial charge in [0.2, 0.25) is 5.91 Å². The first-order valence-corrected chi connectivity index (χ1v) is 12.1. The van der Waals surface area contributed by atoms with Crippen molar-refractivity contribution >= 4 is 5.91 Å². The van der Waals surface area contributed by atoms with Crippen molar-refractivity contribution in [2.24, 2.45) is 11.3 Å². The fraction of sp³-hybridized carbons (Fsp3) is 0.519. The minimum atomic E-state index is -4.94. The Balaban J connectivity index is 1.71. The maximum absolute atomic E-state index is 13.3. The highest BCUT2D eigenvalue weighted by Crippen LogP contribution is 2.45. The number of ether oxygens (including phenoxy) is 1. The highest BCUT2D eigenvalue weighted by atomic mass is 19.4. The molecular formula is C27H32F6N2O2. The number of nitrogens with one attached hydrogen (secondary N) is 2. The number of rotatable bonds is 8. The third-order valence-corrected chi connectivity index (χ3v) is 7.31. The summed E-state index contributed by atoms with van der Waals surface area (Å²) in [7, 11) is 1.59. The van der Waals surface area contributed by atoms with E-state index >= 15 is 0 Å². The number of hydrogen-bond donors (Lipinski definition) is 2. The second-order valence-electron chi connectivity index (χ2n) is 10.0. The molecule has 204 valence electrons. The van der Waals surface area contributed by atoms with Crippen molar-refractivity contribution < 1.29 is 35.9 Å². The smallest absolute Gasteiger partial charge is 0.416 e. The summed E-state index contributed by atoms with van der Waals surface area (Å²) in [5.41, 5.74) is -2.79. The average molecular weight is 531 g/mol. The first-order chi connectivity index (χ1) is 17.2. The van der Waals surface area contributed by atoms with Gasteiger partial charge in [0.15, 0.2) is 0 Å². The Bertz CT molecular complexity index is 1050. The minimum absolute atomic E-state index is 0.00725. The monoisotopic (exact) mass is 530 g/mol. The largest absolute Gasteiger partial charge is 0.497 e. The lowest BCUT2D eigenvalue weighted by atomic mass is 9.74. The Kier molecular flexibility index (Phi) is 8.51. The molecule has 10 heteroatoms. The van der Waals surface area contributed by atoms with E-state index in [-0.39, 0.29) is 35.5 Å². The van der Waals surface area contributed by atoms with Crippen molar-refractivity contribution in [3.8, 4) is 5.75 Å². The summed E-state index contributed by atoms with van der Waals surface area (Å²) in [6.07, 6.45) is -8.10. The molecule has 0 saturated heterocycles. The molecular weight excluding hydrogens is 498 g/mol. The standard InChI is InChI=1S/C27H32F6N2O2/c1-16(2)25(10-9-22(14-25)35-17(3)19-5-7-23(37-4)8-6-19)24(36)34-15-18-11-20(26(28,29)30)13-21(12-18)27(31,32)33/h5-8,11-13,16-17,22,35H,9-10,14-15H2,1-4H3,(H,34,36)/t17?,22-,25+/m1/s1. The van der Waals surface area contributed by atoms with Gasteiger partial charge in [0, 0.05) is 18.6 Å². The molecule has 1 aliphatic rings. The van der Waals surface area contributed by atoms with Crippen LogP contribution in [-0.4, -0.2) is 19.1 Å². The average Bonchev–Trinajstić information content (AvgIpc) is 3.26. The molecule has 4 nitrogen and oxygen atoms in total. The molecule has 0 spiro atoms. The van der Waals surface area contributed by atoms with Gasteiger partial charge >= 0.3 is 12.4 Å². The van der Waals surface area contributed by atoms with Crippen LogP contribution in [0.1, 0.15) is 68.3 Å². The van der Waals surface area contributed by atoms with Crippen molar-refractivity contribution in [2.45, 2.75) is 71.0 Å². The van der Waals surface area contributed by atoms with Crippen LogP contribution in [0.15, 0.2) is 42.5 Å². The summed E-state index contributed by atoms with van der Waals surface area (Å²) in [6, 6.07) is 9.05. The number of methoxy groups -OCH3 is 1. The van der Waals surface area contributed by atoms with Crippen molar-refractivity contribution in [1.29, 1.82) is 0 Å². The van der Waals surface area contributed by atoms with Crippen molar-refractivity contribution in [2.75, 3.05) is 7.11 Å². The SMILES string of the molecule is COc1ccc(C(C)N[C@@H]2CC[C@@](C(=O)NCc3cc(C(F)(F)F)cc(C(F)(F)F)c3)(C(C)C)C2)cc1. The van der Waals surface area contributed by atoms with Gasteiger partial charge in [-0.2, -0.15) is 26.3 Å². The van der Waals surface area contributed by atoms with E-state index < -0.39 is 35.4 Å². The van der Waals surface area contributed by atoms with E-state index in [1.54, 1.807) is 7.11 Å². The van der Waals surface area contributed by atoms with Gasteiger partial charge in [-0.25, -0.2) is 0 Å². The summed E-state index contributed by atoms with van der Waals surface area (Å²) < 4.78 is 84.3. The Labute approximate surface area is 212 Å². The molecule has 1 amide bonds. The fourth-order valence-electron chi connectivity index (χ4n) is 5.03. The van der Waals surface area contributed by atoms with Gasteiger partial charge in [0.1, 0.15) is 5.75 Å². The zero-order valence-corrected chi connectivity index (χ0v) is 21.2. The third kappa shape index (κ3) is 6.77. The second-order valence-corrected chi connectivity index (χ2v) is 10.0. The molecule has 3 atom stereocenters. The predicted molar refractivity (Wildman–Crippen MR) is 128 cm³/mol. The van der Waals surface area contributed by atoms with Crippen LogP contribution in [0.25, 0.3) is 0 Å². The van der Waals surface area contributed by atoms with Crippen LogP contribution in [0.5, 0.6) is 5.75 Å². The highest BCUT2D eigenvalue weighted by molar-refractivity contribution is 5.83. The molecule has 2 N–H and O–H groups in total. The van der Waals surface area contributed by atoms with Gasteiger partial charge < -0.3 is 15.4 Å². The Morgan fingerprint density at radius 2 is 1.57 bits per heavy atom. The molecule has 0 heterocycles. The fourth-order valence-corrected chi connectivity index (χ4v) is 5.03. The third-order valence-electron chi connectivity index (χ3n) is 7.31. The minimum Gasteiger partial charge on any atom is -0.497 e. The van der Waals surface area contributed by atoms with E-state index in [9.17, 15) is 31.1 Å². The molecule has 1 saturated carbocycles. The molecule has 1 unspecified atom stereocenters. The number of carbonyl (C=O) groups excluding carboxylic acids is 1. The van der Waals surface area contributed by atoms with E-state index in [0.717, 1.165) is 11.3 Å². The maximum Gasteiger partial charge on any atom is 0.416 e. The van der Waals surface area contributed by atoms with E-state index in [2.05, 4.69) is 10.6 Å². The lowest BCUT2D eigenvalue weighted by Crippen LogP contribution is -2.44. The van der Waals surface area contributed by atoms with Crippen LogP contribution in [0, 0.1) is 11.3 Å². The topological polar surface area (TPSA) is 50.4 Å². The van der Waals surface area contributed by atoms with Crippen LogP contribution in [0.3, 0.4) is 0 Å². The molecule has 2 aromatic rings. The molecule has 1 aliphatic carbocycles.